The molecule has 0 spiro atoms. The maximum absolute atomic E-state index is 12.3. The minimum atomic E-state index is -5.14. The molecule has 0 aliphatic rings. The van der Waals surface area contributed by atoms with Crippen molar-refractivity contribution in [3.05, 3.63) is 25.4 Å². The molecular weight excluding hydrogens is 382 g/mol. The first-order valence-electron chi connectivity index (χ1n) is 4.00. The van der Waals surface area contributed by atoms with Gasteiger partial charge >= 0.3 is 18.6 Å². The molecule has 0 bridgehead atoms. The lowest BCUT2D eigenvalue weighted by Gasteiger charge is -2.10. The van der Waals surface area contributed by atoms with Gasteiger partial charge in [-0.25, -0.2) is 8.78 Å². The van der Waals surface area contributed by atoms with Gasteiger partial charge in [-0.15, -0.1) is 13.2 Å². The third-order valence-electron chi connectivity index (χ3n) is 1.55. The lowest BCUT2D eigenvalue weighted by Crippen LogP contribution is -2.18. The number of hydrogen-bond acceptors (Lipinski definition) is 4. The smallest absolute Gasteiger partial charge is 0.404 e. The number of pyridine rings is 1. The van der Waals surface area contributed by atoms with Crippen molar-refractivity contribution in [2.45, 2.75) is 12.8 Å². The number of aromatic nitrogens is 1. The number of halogens is 6. The van der Waals surface area contributed by atoms with Gasteiger partial charge in [-0.3, -0.25) is 0 Å². The molecule has 0 saturated heterocycles. The van der Waals surface area contributed by atoms with Crippen molar-refractivity contribution in [3.63, 3.8) is 0 Å². The molecule has 1 rings (SSSR count). The summed E-state index contributed by atoms with van der Waals surface area (Å²) in [6.45, 7) is 0. The number of rotatable bonds is 3. The van der Waals surface area contributed by atoms with Crippen molar-refractivity contribution in [2.24, 2.45) is 0 Å². The Morgan fingerprint density at radius 2 is 2.00 bits per heavy atom. The molecule has 0 N–H and O–H groups in total. The highest BCUT2D eigenvalue weighted by atomic mass is 127. The summed E-state index contributed by atoms with van der Waals surface area (Å²) in [4.78, 5) is 12.3. The van der Waals surface area contributed by atoms with Crippen LogP contribution in [-0.4, -0.2) is 16.3 Å². The lowest BCUT2D eigenvalue weighted by atomic mass is 10.3. The number of nitro groups is 1. The molecule has 0 unspecified atom stereocenters. The van der Waals surface area contributed by atoms with Crippen LogP contribution in [0.5, 0.6) is 5.75 Å². The van der Waals surface area contributed by atoms with Gasteiger partial charge in [0.25, 0.3) is 0 Å². The van der Waals surface area contributed by atoms with Crippen LogP contribution in [0.15, 0.2) is 6.07 Å². The molecular formula is C7H2F5IN2O3. The van der Waals surface area contributed by atoms with E-state index in [9.17, 15) is 32.1 Å². The zero-order valence-electron chi connectivity index (χ0n) is 8.04. The SMILES string of the molecule is O=[N+]([O-])c1nc(C(F)F)cc(OC(F)(F)F)c1I. The summed E-state index contributed by atoms with van der Waals surface area (Å²) >= 11 is 1.16. The first-order valence-corrected chi connectivity index (χ1v) is 5.08. The van der Waals surface area contributed by atoms with Crippen LogP contribution in [-0.2, 0) is 0 Å². The van der Waals surface area contributed by atoms with Crippen molar-refractivity contribution in [2.75, 3.05) is 0 Å². The highest BCUT2D eigenvalue weighted by Gasteiger charge is 2.35. The second-order valence-electron chi connectivity index (χ2n) is 2.79. The van der Waals surface area contributed by atoms with E-state index < -0.39 is 38.5 Å². The summed E-state index contributed by atoms with van der Waals surface area (Å²) in [5.41, 5.74) is -1.17. The predicted molar refractivity (Wildman–Crippen MR) is 55.2 cm³/mol. The van der Waals surface area contributed by atoms with Crippen molar-refractivity contribution in [3.8, 4) is 5.75 Å². The zero-order chi connectivity index (χ0) is 14.1. The van der Waals surface area contributed by atoms with Crippen LogP contribution in [0.1, 0.15) is 12.1 Å². The summed E-state index contributed by atoms with van der Waals surface area (Å²) in [6.07, 6.45) is -8.40. The molecule has 18 heavy (non-hydrogen) atoms. The van der Waals surface area contributed by atoms with Gasteiger partial charge < -0.3 is 14.9 Å². The van der Waals surface area contributed by atoms with Gasteiger partial charge in [0, 0.05) is 6.07 Å². The van der Waals surface area contributed by atoms with Crippen molar-refractivity contribution in [1.82, 2.24) is 4.98 Å². The number of alkyl halides is 5. The van der Waals surface area contributed by atoms with Crippen LogP contribution in [0.2, 0.25) is 0 Å². The maximum atomic E-state index is 12.3. The number of hydrogen-bond donors (Lipinski definition) is 0. The van der Waals surface area contributed by atoms with E-state index in [-0.39, 0.29) is 0 Å². The summed E-state index contributed by atoms with van der Waals surface area (Å²) in [5.74, 6) is -2.20. The summed E-state index contributed by atoms with van der Waals surface area (Å²) in [6, 6.07) is 0.312. The average Bonchev–Trinajstić information content (AvgIpc) is 2.18. The van der Waals surface area contributed by atoms with Crippen LogP contribution < -0.4 is 4.74 Å². The van der Waals surface area contributed by atoms with Crippen LogP contribution in [0.25, 0.3) is 0 Å². The van der Waals surface area contributed by atoms with E-state index >= 15 is 0 Å². The lowest BCUT2D eigenvalue weighted by molar-refractivity contribution is -0.391. The average molecular weight is 384 g/mol. The molecule has 11 heteroatoms. The van der Waals surface area contributed by atoms with Crippen LogP contribution in [0, 0.1) is 13.7 Å². The van der Waals surface area contributed by atoms with Gasteiger partial charge in [0.15, 0.2) is 9.32 Å². The summed E-state index contributed by atoms with van der Waals surface area (Å²) in [7, 11) is 0. The first-order chi connectivity index (χ1) is 8.11. The van der Waals surface area contributed by atoms with Gasteiger partial charge in [0.1, 0.15) is 0 Å². The third-order valence-corrected chi connectivity index (χ3v) is 2.56. The standard InChI is InChI=1S/C7H2F5IN2O3/c8-5(9)2-1-3(18-7(10,11)12)4(13)6(14-2)15(16)17/h1,5H. The second kappa shape index (κ2) is 5.16. The molecule has 0 aromatic carbocycles. The van der Waals surface area contributed by atoms with E-state index in [0.717, 1.165) is 22.6 Å². The molecule has 1 aromatic heterocycles. The molecule has 100 valence electrons. The Bertz CT molecular complexity index is 479. The van der Waals surface area contributed by atoms with E-state index in [1.165, 1.54) is 0 Å². The Morgan fingerprint density at radius 1 is 1.44 bits per heavy atom. The fourth-order valence-electron chi connectivity index (χ4n) is 0.943. The van der Waals surface area contributed by atoms with E-state index in [4.69, 9.17) is 0 Å². The maximum Gasteiger partial charge on any atom is 0.573 e. The predicted octanol–water partition coefficient (Wildman–Crippen LogP) is 3.43. The van der Waals surface area contributed by atoms with E-state index in [2.05, 4.69) is 9.72 Å². The van der Waals surface area contributed by atoms with Gasteiger partial charge in [-0.1, -0.05) is 0 Å². The largest absolute Gasteiger partial charge is 0.573 e. The summed E-state index contributed by atoms with van der Waals surface area (Å²) in [5, 5.41) is 10.5. The quantitative estimate of drug-likeness (QED) is 0.347. The Balaban J connectivity index is 3.36. The van der Waals surface area contributed by atoms with Crippen molar-refractivity contribution in [1.29, 1.82) is 0 Å². The van der Waals surface area contributed by atoms with Crippen LogP contribution in [0.4, 0.5) is 27.8 Å². The monoisotopic (exact) mass is 384 g/mol. The third kappa shape index (κ3) is 3.61. The molecule has 0 aliphatic heterocycles. The molecule has 0 saturated carbocycles. The number of ether oxygens (including phenoxy) is 1. The molecule has 0 amide bonds. The molecule has 0 atom stereocenters. The minimum absolute atomic E-state index is 0.312. The van der Waals surface area contributed by atoms with E-state index in [1.54, 1.807) is 0 Å². The fraction of sp³-hybridized carbons (Fsp3) is 0.286. The van der Waals surface area contributed by atoms with Gasteiger partial charge in [0.05, 0.1) is 0 Å². The highest BCUT2D eigenvalue weighted by molar-refractivity contribution is 14.1. The fourth-order valence-corrected chi connectivity index (χ4v) is 1.53. The number of nitrogens with zero attached hydrogens (tertiary/aromatic N) is 2. The summed E-state index contributed by atoms with van der Waals surface area (Å²) < 4.78 is 63.4. The van der Waals surface area contributed by atoms with E-state index in [1.807, 2.05) is 0 Å². The Morgan fingerprint density at radius 3 is 2.39 bits per heavy atom. The van der Waals surface area contributed by atoms with E-state index in [0.29, 0.717) is 6.07 Å². The molecule has 1 aromatic rings. The molecule has 0 radical (unpaired) electrons. The normalized spacial score (nSPS) is 11.7. The molecule has 0 fully saturated rings. The zero-order valence-corrected chi connectivity index (χ0v) is 10.2. The minimum Gasteiger partial charge on any atom is -0.404 e. The van der Waals surface area contributed by atoms with Crippen molar-refractivity contribution >= 4 is 28.4 Å². The van der Waals surface area contributed by atoms with Gasteiger partial charge in [0.2, 0.25) is 5.69 Å². The Kier molecular flexibility index (Phi) is 4.24. The van der Waals surface area contributed by atoms with Gasteiger partial charge in [-0.2, -0.15) is 0 Å². The molecule has 5 nitrogen and oxygen atoms in total. The van der Waals surface area contributed by atoms with Gasteiger partial charge in [-0.05, 0) is 32.5 Å². The second-order valence-corrected chi connectivity index (χ2v) is 3.87. The van der Waals surface area contributed by atoms with Crippen molar-refractivity contribution < 1.29 is 31.6 Å². The molecule has 1 heterocycles. The first kappa shape index (κ1) is 14.8. The molecule has 0 aliphatic carbocycles. The Hall–Kier alpha value is -1.27. The van der Waals surface area contributed by atoms with Crippen LogP contribution in [0.3, 0.4) is 0 Å². The Labute approximate surface area is 109 Å². The topological polar surface area (TPSA) is 65.3 Å². The highest BCUT2D eigenvalue weighted by Crippen LogP contribution is 2.35. The van der Waals surface area contributed by atoms with Crippen LogP contribution >= 0.6 is 22.6 Å².